The number of anilines is 1. The predicted octanol–water partition coefficient (Wildman–Crippen LogP) is 5.38. The third-order valence-electron chi connectivity index (χ3n) is 4.92. The fourth-order valence-electron chi connectivity index (χ4n) is 3.14. The highest BCUT2D eigenvalue weighted by molar-refractivity contribution is 7.99. The van der Waals surface area contributed by atoms with Gasteiger partial charge in [-0.1, -0.05) is 49.2 Å². The molecule has 0 unspecified atom stereocenters. The summed E-state index contributed by atoms with van der Waals surface area (Å²) in [7, 11) is 0. The number of nitrogens with zero attached hydrogens (tertiary/aromatic N) is 3. The zero-order chi connectivity index (χ0) is 22.2. The quantitative estimate of drug-likeness (QED) is 0.262. The van der Waals surface area contributed by atoms with Crippen LogP contribution in [-0.2, 0) is 4.79 Å². The number of hydrogen-bond acceptors (Lipinski definition) is 5. The van der Waals surface area contributed by atoms with Crippen LogP contribution in [0, 0.1) is 13.8 Å². The number of thioether (sulfide) groups is 1. The fourth-order valence-corrected chi connectivity index (χ4v) is 4.03. The minimum atomic E-state index is 0.00179. The third kappa shape index (κ3) is 6.28. The molecule has 0 saturated carbocycles. The number of ketones is 1. The summed E-state index contributed by atoms with van der Waals surface area (Å²) in [6.45, 7) is 6.05. The minimum Gasteiger partial charge on any atom is -0.326 e. The predicted molar refractivity (Wildman–Crippen MR) is 125 cm³/mol. The van der Waals surface area contributed by atoms with Crippen molar-refractivity contribution in [3.63, 3.8) is 0 Å². The van der Waals surface area contributed by atoms with E-state index in [9.17, 15) is 9.59 Å². The van der Waals surface area contributed by atoms with E-state index in [0.29, 0.717) is 22.8 Å². The van der Waals surface area contributed by atoms with E-state index >= 15 is 0 Å². The van der Waals surface area contributed by atoms with Crippen LogP contribution in [-0.4, -0.2) is 32.2 Å². The summed E-state index contributed by atoms with van der Waals surface area (Å²) in [6.07, 6.45) is 3.55. The van der Waals surface area contributed by atoms with E-state index in [2.05, 4.69) is 22.4 Å². The lowest BCUT2D eigenvalue weighted by Gasteiger charge is -2.09. The van der Waals surface area contributed by atoms with E-state index in [-0.39, 0.29) is 17.4 Å². The highest BCUT2D eigenvalue weighted by Gasteiger charge is 2.14. The normalized spacial score (nSPS) is 10.8. The zero-order valence-electron chi connectivity index (χ0n) is 18.2. The van der Waals surface area contributed by atoms with Crippen molar-refractivity contribution < 1.29 is 9.59 Å². The molecule has 1 N–H and O–H groups in total. The molecule has 0 saturated heterocycles. The fraction of sp³-hybridized carbons (Fsp3) is 0.333. The summed E-state index contributed by atoms with van der Waals surface area (Å²) >= 11 is 1.37. The molecule has 0 fully saturated rings. The molecule has 2 aromatic carbocycles. The molecule has 162 valence electrons. The first-order valence-electron chi connectivity index (χ1n) is 10.5. The molecule has 0 aliphatic carbocycles. The molecule has 1 heterocycles. The second kappa shape index (κ2) is 10.9. The van der Waals surface area contributed by atoms with Gasteiger partial charge in [0.15, 0.2) is 10.9 Å². The number of hydrogen-bond donors (Lipinski definition) is 1. The second-order valence-electron chi connectivity index (χ2n) is 7.50. The number of benzene rings is 2. The van der Waals surface area contributed by atoms with Gasteiger partial charge in [0, 0.05) is 23.4 Å². The number of unbranched alkanes of at least 4 members (excludes halogenated alkanes) is 2. The van der Waals surface area contributed by atoms with Crippen molar-refractivity contribution >= 4 is 29.1 Å². The Labute approximate surface area is 187 Å². The Morgan fingerprint density at radius 3 is 2.35 bits per heavy atom. The van der Waals surface area contributed by atoms with Gasteiger partial charge in [-0.2, -0.15) is 0 Å². The van der Waals surface area contributed by atoms with Crippen LogP contribution in [0.1, 0.15) is 54.4 Å². The van der Waals surface area contributed by atoms with Crippen molar-refractivity contribution in [2.45, 2.75) is 51.6 Å². The summed E-state index contributed by atoms with van der Waals surface area (Å²) in [6, 6.07) is 15.2. The van der Waals surface area contributed by atoms with Crippen molar-refractivity contribution in [2.24, 2.45) is 0 Å². The number of rotatable bonds is 10. The SMILES string of the molecule is CCCCCC(=O)Nc1ccc(C(=O)CSc2nnc(C)n2-c2ccc(C)cc2)cc1. The Morgan fingerprint density at radius 2 is 1.68 bits per heavy atom. The number of Topliss-reactive ketones (excluding diaryl/α,β-unsaturated/α-hetero) is 1. The van der Waals surface area contributed by atoms with Crippen LogP contribution in [0.4, 0.5) is 5.69 Å². The van der Waals surface area contributed by atoms with E-state index < -0.39 is 0 Å². The first kappa shape index (κ1) is 22.7. The Kier molecular flexibility index (Phi) is 8.00. The van der Waals surface area contributed by atoms with Crippen molar-refractivity contribution in [2.75, 3.05) is 11.1 Å². The Morgan fingerprint density at radius 1 is 0.968 bits per heavy atom. The topological polar surface area (TPSA) is 76.9 Å². The maximum atomic E-state index is 12.7. The van der Waals surface area contributed by atoms with Crippen LogP contribution in [0.25, 0.3) is 5.69 Å². The Balaban J connectivity index is 1.59. The van der Waals surface area contributed by atoms with Crippen LogP contribution in [0.15, 0.2) is 53.7 Å². The van der Waals surface area contributed by atoms with E-state index in [1.54, 1.807) is 24.3 Å². The monoisotopic (exact) mass is 436 g/mol. The molecule has 0 atom stereocenters. The van der Waals surface area contributed by atoms with Crippen LogP contribution in [0.5, 0.6) is 0 Å². The standard InChI is InChI=1S/C24H28N4O2S/c1-4-5-6-7-23(30)25-20-12-10-19(11-13-20)22(29)16-31-24-27-26-18(3)28(24)21-14-8-17(2)9-15-21/h8-15H,4-7,16H2,1-3H3,(H,25,30). The number of aromatic nitrogens is 3. The smallest absolute Gasteiger partial charge is 0.224 e. The van der Waals surface area contributed by atoms with Crippen LogP contribution >= 0.6 is 11.8 Å². The van der Waals surface area contributed by atoms with Gasteiger partial charge in [-0.25, -0.2) is 0 Å². The summed E-state index contributed by atoms with van der Waals surface area (Å²) in [5.41, 5.74) is 3.47. The highest BCUT2D eigenvalue weighted by atomic mass is 32.2. The summed E-state index contributed by atoms with van der Waals surface area (Å²) in [5, 5.41) is 12.0. The lowest BCUT2D eigenvalue weighted by Crippen LogP contribution is -2.11. The molecule has 3 rings (SSSR count). The van der Waals surface area contributed by atoms with E-state index in [0.717, 1.165) is 30.8 Å². The number of aryl methyl sites for hydroxylation is 2. The molecule has 0 aliphatic rings. The molecule has 1 amide bonds. The zero-order valence-corrected chi connectivity index (χ0v) is 19.0. The van der Waals surface area contributed by atoms with Gasteiger partial charge in [-0.15, -0.1) is 10.2 Å². The molecule has 0 bridgehead atoms. The average molecular weight is 437 g/mol. The van der Waals surface area contributed by atoms with Crippen LogP contribution in [0.3, 0.4) is 0 Å². The number of carbonyl (C=O) groups excluding carboxylic acids is 2. The molecule has 0 spiro atoms. The van der Waals surface area contributed by atoms with E-state index in [4.69, 9.17) is 0 Å². The number of amides is 1. The first-order chi connectivity index (χ1) is 15.0. The molecule has 6 nitrogen and oxygen atoms in total. The summed E-state index contributed by atoms with van der Waals surface area (Å²) in [5.74, 6) is 1.04. The first-order valence-corrected chi connectivity index (χ1v) is 11.5. The van der Waals surface area contributed by atoms with Crippen molar-refractivity contribution in [3.8, 4) is 5.69 Å². The van der Waals surface area contributed by atoms with Gasteiger partial charge in [0.1, 0.15) is 5.82 Å². The maximum absolute atomic E-state index is 12.7. The largest absolute Gasteiger partial charge is 0.326 e. The number of nitrogens with one attached hydrogen (secondary N) is 1. The van der Waals surface area contributed by atoms with Gasteiger partial charge in [0.2, 0.25) is 5.91 Å². The van der Waals surface area contributed by atoms with Gasteiger partial charge in [-0.05, 0) is 56.7 Å². The van der Waals surface area contributed by atoms with Gasteiger partial charge >= 0.3 is 0 Å². The minimum absolute atomic E-state index is 0.00179. The van der Waals surface area contributed by atoms with Gasteiger partial charge < -0.3 is 5.32 Å². The Hall–Kier alpha value is -2.93. The van der Waals surface area contributed by atoms with Gasteiger partial charge in [-0.3, -0.25) is 14.2 Å². The van der Waals surface area contributed by atoms with Crippen molar-refractivity contribution in [1.29, 1.82) is 0 Å². The molecule has 31 heavy (non-hydrogen) atoms. The third-order valence-corrected chi connectivity index (χ3v) is 5.85. The number of carbonyl (C=O) groups is 2. The molecule has 0 radical (unpaired) electrons. The van der Waals surface area contributed by atoms with Crippen molar-refractivity contribution in [1.82, 2.24) is 14.8 Å². The molecule has 1 aromatic heterocycles. The van der Waals surface area contributed by atoms with E-state index in [1.807, 2.05) is 42.7 Å². The van der Waals surface area contributed by atoms with Crippen LogP contribution in [0.2, 0.25) is 0 Å². The molecular formula is C24H28N4O2S. The molecular weight excluding hydrogens is 408 g/mol. The molecule has 7 heteroatoms. The van der Waals surface area contributed by atoms with E-state index in [1.165, 1.54) is 17.3 Å². The lowest BCUT2D eigenvalue weighted by atomic mass is 10.1. The summed E-state index contributed by atoms with van der Waals surface area (Å²) < 4.78 is 1.95. The average Bonchev–Trinajstić information content (AvgIpc) is 3.13. The highest BCUT2D eigenvalue weighted by Crippen LogP contribution is 2.23. The van der Waals surface area contributed by atoms with Gasteiger partial charge in [0.05, 0.1) is 5.75 Å². The summed E-state index contributed by atoms with van der Waals surface area (Å²) in [4.78, 5) is 24.6. The van der Waals surface area contributed by atoms with Gasteiger partial charge in [0.25, 0.3) is 0 Å². The molecule has 0 aliphatic heterocycles. The molecule has 3 aromatic rings. The maximum Gasteiger partial charge on any atom is 0.224 e. The van der Waals surface area contributed by atoms with Crippen LogP contribution < -0.4 is 5.32 Å². The second-order valence-corrected chi connectivity index (χ2v) is 8.44. The van der Waals surface area contributed by atoms with Crippen molar-refractivity contribution in [3.05, 3.63) is 65.5 Å². The Bertz CT molecular complexity index is 1030. The lowest BCUT2D eigenvalue weighted by molar-refractivity contribution is -0.116.